The van der Waals surface area contributed by atoms with Gasteiger partial charge in [-0.2, -0.15) is 0 Å². The molecule has 0 saturated carbocycles. The third-order valence-corrected chi connectivity index (χ3v) is 6.29. The minimum atomic E-state index is -0.859. The maximum absolute atomic E-state index is 13.2. The van der Waals surface area contributed by atoms with Crippen LogP contribution in [0.1, 0.15) is 11.1 Å². The number of hydrogen-bond donors (Lipinski definition) is 1. The minimum absolute atomic E-state index is 0.199. The van der Waals surface area contributed by atoms with E-state index >= 15 is 0 Å². The number of amides is 4. The number of benzene rings is 3. The number of carbonyl (C=O) groups is 3. The lowest BCUT2D eigenvalue weighted by Gasteiger charge is -2.26. The molecule has 1 aliphatic heterocycles. The fourth-order valence-electron chi connectivity index (χ4n) is 3.28. The lowest BCUT2D eigenvalue weighted by molar-refractivity contribution is -0.122. The Balaban J connectivity index is 1.72. The molecule has 1 fully saturated rings. The summed E-state index contributed by atoms with van der Waals surface area (Å²) in [4.78, 5) is 39.1. The maximum atomic E-state index is 13.2. The first-order valence-corrected chi connectivity index (χ1v) is 12.1. The number of imide groups is 2. The van der Waals surface area contributed by atoms with Crippen molar-refractivity contribution in [3.8, 4) is 5.75 Å². The number of nitrogens with zero attached hydrogens (tertiary/aromatic N) is 1. The second-order valence-electron chi connectivity index (χ2n) is 7.16. The van der Waals surface area contributed by atoms with Crippen molar-refractivity contribution in [2.75, 3.05) is 4.90 Å². The van der Waals surface area contributed by atoms with Crippen LogP contribution in [0.2, 0.25) is 10.0 Å². The van der Waals surface area contributed by atoms with Crippen molar-refractivity contribution in [2.24, 2.45) is 0 Å². The average molecular weight is 625 g/mol. The topological polar surface area (TPSA) is 75.7 Å². The number of hydrogen-bond acceptors (Lipinski definition) is 4. The summed E-state index contributed by atoms with van der Waals surface area (Å²) in [6.45, 7) is 0.199. The van der Waals surface area contributed by atoms with Crippen LogP contribution >= 0.6 is 55.1 Å². The van der Waals surface area contributed by atoms with E-state index in [-0.39, 0.29) is 17.9 Å². The Morgan fingerprint density at radius 2 is 1.65 bits per heavy atom. The molecule has 4 rings (SSSR count). The summed E-state index contributed by atoms with van der Waals surface area (Å²) in [5.74, 6) is -1.19. The van der Waals surface area contributed by atoms with E-state index in [9.17, 15) is 14.4 Å². The highest BCUT2D eigenvalue weighted by atomic mass is 79.9. The number of halogens is 4. The van der Waals surface area contributed by atoms with E-state index < -0.39 is 17.8 Å². The van der Waals surface area contributed by atoms with Gasteiger partial charge in [0.15, 0.2) is 0 Å². The molecule has 6 nitrogen and oxygen atoms in total. The summed E-state index contributed by atoms with van der Waals surface area (Å²) in [5, 5.41) is 3.12. The molecule has 1 saturated heterocycles. The fraction of sp³-hybridized carbons (Fsp3) is 0.0417. The van der Waals surface area contributed by atoms with Crippen molar-refractivity contribution in [3.63, 3.8) is 0 Å². The first kappa shape index (κ1) is 24.5. The summed E-state index contributed by atoms with van der Waals surface area (Å²) in [6, 6.07) is 16.1. The average Bonchev–Trinajstić information content (AvgIpc) is 2.76. The highest BCUT2D eigenvalue weighted by Gasteiger charge is 2.37. The number of nitrogens with one attached hydrogen (secondary N) is 1. The van der Waals surface area contributed by atoms with Crippen molar-refractivity contribution in [1.29, 1.82) is 0 Å². The van der Waals surface area contributed by atoms with Crippen LogP contribution in [0.25, 0.3) is 6.08 Å². The molecule has 0 aromatic heterocycles. The Morgan fingerprint density at radius 3 is 2.35 bits per heavy atom. The summed E-state index contributed by atoms with van der Waals surface area (Å²) < 4.78 is 7.30. The van der Waals surface area contributed by atoms with Gasteiger partial charge >= 0.3 is 6.03 Å². The quantitative estimate of drug-likeness (QED) is 0.251. The number of urea groups is 1. The molecule has 0 bridgehead atoms. The molecule has 0 spiro atoms. The van der Waals surface area contributed by atoms with E-state index in [0.29, 0.717) is 30.3 Å². The largest absolute Gasteiger partial charge is 0.487 e. The van der Waals surface area contributed by atoms with Gasteiger partial charge in [0.05, 0.1) is 10.2 Å². The summed E-state index contributed by atoms with van der Waals surface area (Å²) in [6.07, 6.45) is 1.38. The van der Waals surface area contributed by atoms with Crippen LogP contribution in [0.4, 0.5) is 10.5 Å². The molecular weight excluding hydrogens is 611 g/mol. The minimum Gasteiger partial charge on any atom is -0.487 e. The number of rotatable bonds is 5. The van der Waals surface area contributed by atoms with Gasteiger partial charge in [0.25, 0.3) is 11.8 Å². The second kappa shape index (κ2) is 10.3. The van der Waals surface area contributed by atoms with Gasteiger partial charge in [-0.1, -0.05) is 57.3 Å². The van der Waals surface area contributed by atoms with Crippen LogP contribution in [0.15, 0.2) is 75.2 Å². The second-order valence-corrected chi connectivity index (χ2v) is 9.81. The standard InChI is InChI=1S/C24H14Br2Cl2N2O4/c25-15-8-14(21(20(26)10-15)34-12-13-3-1-4-16(27)7-13)9-19-22(31)29-24(33)30(23(19)32)18-6-2-5-17(28)11-18/h1-11H,12H2,(H,29,31,33)/b19-9+. The van der Waals surface area contributed by atoms with Crippen LogP contribution in [0, 0.1) is 0 Å². The lowest BCUT2D eigenvalue weighted by Crippen LogP contribution is -2.54. The van der Waals surface area contributed by atoms with Gasteiger partial charge in [-0.25, -0.2) is 9.69 Å². The Morgan fingerprint density at radius 1 is 0.941 bits per heavy atom. The molecule has 172 valence electrons. The number of carbonyl (C=O) groups excluding carboxylic acids is 3. The Kier molecular flexibility index (Phi) is 7.42. The van der Waals surface area contributed by atoms with Crippen molar-refractivity contribution in [1.82, 2.24) is 5.32 Å². The van der Waals surface area contributed by atoms with Crippen LogP contribution in [-0.4, -0.2) is 17.8 Å². The van der Waals surface area contributed by atoms with Gasteiger partial charge in [0.1, 0.15) is 17.9 Å². The number of ether oxygens (including phenoxy) is 1. The molecule has 4 amide bonds. The third-order valence-electron chi connectivity index (χ3n) is 4.78. The highest BCUT2D eigenvalue weighted by Crippen LogP contribution is 2.36. The van der Waals surface area contributed by atoms with Gasteiger partial charge in [0, 0.05) is 20.1 Å². The van der Waals surface area contributed by atoms with E-state index in [4.69, 9.17) is 27.9 Å². The Bertz CT molecular complexity index is 1360. The van der Waals surface area contributed by atoms with Gasteiger partial charge in [-0.05, 0) is 70.0 Å². The van der Waals surface area contributed by atoms with Gasteiger partial charge in [0.2, 0.25) is 0 Å². The fourth-order valence-corrected chi connectivity index (χ4v) is 5.05. The van der Waals surface area contributed by atoms with Crippen molar-refractivity contribution < 1.29 is 19.1 Å². The smallest absolute Gasteiger partial charge is 0.335 e. The third kappa shape index (κ3) is 5.36. The molecule has 10 heteroatoms. The molecule has 1 heterocycles. The number of anilines is 1. The molecule has 1 N–H and O–H groups in total. The molecule has 0 unspecified atom stereocenters. The zero-order chi connectivity index (χ0) is 24.4. The lowest BCUT2D eigenvalue weighted by atomic mass is 10.1. The predicted octanol–water partition coefficient (Wildman–Crippen LogP) is 6.76. The van der Waals surface area contributed by atoms with E-state index in [1.165, 1.54) is 12.1 Å². The first-order valence-electron chi connectivity index (χ1n) is 9.76. The van der Waals surface area contributed by atoms with Gasteiger partial charge in [-0.15, -0.1) is 0 Å². The van der Waals surface area contributed by atoms with E-state index in [0.717, 1.165) is 10.5 Å². The molecule has 3 aromatic rings. The maximum Gasteiger partial charge on any atom is 0.335 e. The van der Waals surface area contributed by atoms with Crippen LogP contribution in [0.5, 0.6) is 5.75 Å². The molecule has 34 heavy (non-hydrogen) atoms. The predicted molar refractivity (Wildman–Crippen MR) is 138 cm³/mol. The summed E-state index contributed by atoms with van der Waals surface area (Å²) >= 11 is 19.0. The van der Waals surface area contributed by atoms with E-state index in [1.807, 2.05) is 12.1 Å². The van der Waals surface area contributed by atoms with Crippen molar-refractivity contribution in [2.45, 2.75) is 6.61 Å². The summed E-state index contributed by atoms with van der Waals surface area (Å²) in [5.41, 5.74) is 1.28. The molecule has 1 aliphatic rings. The van der Waals surface area contributed by atoms with Crippen molar-refractivity contribution >= 4 is 84.7 Å². The van der Waals surface area contributed by atoms with Gasteiger partial charge in [-0.3, -0.25) is 14.9 Å². The van der Waals surface area contributed by atoms with Crippen LogP contribution in [0.3, 0.4) is 0 Å². The normalized spacial score (nSPS) is 15.0. The molecule has 0 aliphatic carbocycles. The van der Waals surface area contributed by atoms with Crippen molar-refractivity contribution in [3.05, 3.63) is 96.4 Å². The molecule has 0 radical (unpaired) electrons. The molecule has 3 aromatic carbocycles. The number of barbiturate groups is 1. The molecule has 0 atom stereocenters. The monoisotopic (exact) mass is 622 g/mol. The first-order chi connectivity index (χ1) is 16.2. The van der Waals surface area contributed by atoms with Gasteiger partial charge < -0.3 is 4.74 Å². The van der Waals surface area contributed by atoms with Crippen LogP contribution < -0.4 is 15.0 Å². The van der Waals surface area contributed by atoms with E-state index in [1.54, 1.807) is 42.5 Å². The Hall–Kier alpha value is -2.65. The highest BCUT2D eigenvalue weighted by molar-refractivity contribution is 9.11. The van der Waals surface area contributed by atoms with E-state index in [2.05, 4.69) is 37.2 Å². The SMILES string of the molecule is O=C1NC(=O)N(c2cccc(Cl)c2)C(=O)/C1=C/c1cc(Br)cc(Br)c1OCc1cccc(Cl)c1. The zero-order valence-electron chi connectivity index (χ0n) is 17.2. The zero-order valence-corrected chi connectivity index (χ0v) is 21.8. The van der Waals surface area contributed by atoms with Crippen LogP contribution in [-0.2, 0) is 16.2 Å². The molecular formula is C24H14Br2Cl2N2O4. The Labute approximate surface area is 221 Å². The summed E-state index contributed by atoms with van der Waals surface area (Å²) in [7, 11) is 0.